The maximum absolute atomic E-state index is 11.5. The number of hydrogen-bond donors (Lipinski definition) is 3. The number of carboxylic acid groups (broad SMARTS) is 1. The molecule has 0 aromatic heterocycles. The molecule has 0 aliphatic heterocycles. The van der Waals surface area contributed by atoms with Crippen LogP contribution in [-0.2, 0) is 24.2 Å². The van der Waals surface area contributed by atoms with E-state index in [1.165, 1.54) is 37.5 Å². The minimum Gasteiger partial charge on any atom is -0.507 e. The number of carboxylic acids is 1. The summed E-state index contributed by atoms with van der Waals surface area (Å²) in [5.74, 6) is -1.63. The summed E-state index contributed by atoms with van der Waals surface area (Å²) >= 11 is 0. The molecule has 0 bridgehead atoms. The molecule has 0 fully saturated rings. The van der Waals surface area contributed by atoms with E-state index < -0.39 is 17.8 Å². The summed E-state index contributed by atoms with van der Waals surface area (Å²) in [7, 11) is 0. The molecular formula is C16H27NO7Zn. The smallest absolute Gasteiger partial charge is 0.411 e. The molecule has 0 aliphatic carbocycles. The second-order valence-corrected chi connectivity index (χ2v) is 5.07. The number of hydrogen-bond acceptors (Lipinski definition) is 4. The third-order valence-electron chi connectivity index (χ3n) is 3.21. The van der Waals surface area contributed by atoms with Crippen LogP contribution in [-0.4, -0.2) is 39.8 Å². The van der Waals surface area contributed by atoms with Gasteiger partial charge in [-0.05, 0) is 18.6 Å². The fourth-order valence-electron chi connectivity index (χ4n) is 1.99. The summed E-state index contributed by atoms with van der Waals surface area (Å²) in [5, 5.41) is 20.8. The molecule has 1 aromatic carbocycles. The zero-order valence-electron chi connectivity index (χ0n) is 14.5. The Balaban J connectivity index is -0.00000161. The fraction of sp³-hybridized carbons (Fsp3) is 0.500. The SMILES string of the molecule is CCCCCCCCOC(=O)Nc1ccc(C(=O)O)c(O)c1.O.O.[Zn]. The zero-order valence-corrected chi connectivity index (χ0v) is 17.5. The predicted molar refractivity (Wildman–Crippen MR) is 90.6 cm³/mol. The monoisotopic (exact) mass is 409 g/mol. The van der Waals surface area contributed by atoms with Gasteiger partial charge in [0.05, 0.1) is 6.61 Å². The normalized spacial score (nSPS) is 9.00. The molecular weight excluding hydrogens is 384 g/mol. The molecule has 1 rings (SSSR count). The summed E-state index contributed by atoms with van der Waals surface area (Å²) in [4.78, 5) is 22.3. The van der Waals surface area contributed by atoms with Crippen LogP contribution in [0.5, 0.6) is 5.75 Å². The number of nitrogens with one attached hydrogen (secondary N) is 1. The molecule has 7 N–H and O–H groups in total. The number of carbonyl (C=O) groups excluding carboxylic acids is 1. The van der Waals surface area contributed by atoms with Gasteiger partial charge in [-0.1, -0.05) is 39.0 Å². The molecule has 25 heavy (non-hydrogen) atoms. The zero-order chi connectivity index (χ0) is 16.4. The van der Waals surface area contributed by atoms with Crippen LogP contribution in [0.2, 0.25) is 0 Å². The van der Waals surface area contributed by atoms with Gasteiger partial charge >= 0.3 is 12.1 Å². The maximum Gasteiger partial charge on any atom is 0.411 e. The van der Waals surface area contributed by atoms with Gasteiger partial charge in [-0.3, -0.25) is 5.32 Å². The second-order valence-electron chi connectivity index (χ2n) is 5.07. The number of aromatic carboxylic acids is 1. The maximum atomic E-state index is 11.5. The van der Waals surface area contributed by atoms with Crippen LogP contribution in [0, 0.1) is 0 Å². The van der Waals surface area contributed by atoms with Crippen molar-refractivity contribution in [1.82, 2.24) is 0 Å². The van der Waals surface area contributed by atoms with Crippen LogP contribution in [0.4, 0.5) is 10.5 Å². The molecule has 8 nitrogen and oxygen atoms in total. The van der Waals surface area contributed by atoms with Gasteiger partial charge in [0.1, 0.15) is 11.3 Å². The molecule has 0 atom stereocenters. The molecule has 0 saturated carbocycles. The third-order valence-corrected chi connectivity index (χ3v) is 3.21. The van der Waals surface area contributed by atoms with Gasteiger partial charge in [-0.2, -0.15) is 0 Å². The van der Waals surface area contributed by atoms with Crippen molar-refractivity contribution in [3.05, 3.63) is 23.8 Å². The first kappa shape index (κ1) is 28.1. The van der Waals surface area contributed by atoms with Crippen molar-refractivity contribution in [3.63, 3.8) is 0 Å². The Morgan fingerprint density at radius 2 is 1.68 bits per heavy atom. The summed E-state index contributed by atoms with van der Waals surface area (Å²) in [5.41, 5.74) is 0.0708. The Bertz CT molecular complexity index is 511. The van der Waals surface area contributed by atoms with Gasteiger partial charge in [0.2, 0.25) is 0 Å². The van der Waals surface area contributed by atoms with Crippen molar-refractivity contribution in [2.75, 3.05) is 11.9 Å². The van der Waals surface area contributed by atoms with Gasteiger partial charge in [-0.15, -0.1) is 0 Å². The number of aromatic hydroxyl groups is 1. The number of rotatable bonds is 9. The molecule has 0 spiro atoms. The van der Waals surface area contributed by atoms with Crippen LogP contribution in [0.1, 0.15) is 55.8 Å². The van der Waals surface area contributed by atoms with Crippen molar-refractivity contribution in [1.29, 1.82) is 0 Å². The average Bonchev–Trinajstić information content (AvgIpc) is 2.46. The number of ether oxygens (including phenoxy) is 1. The Kier molecular flexibility index (Phi) is 17.8. The van der Waals surface area contributed by atoms with Crippen molar-refractivity contribution in [2.45, 2.75) is 45.4 Å². The number of unbranched alkanes of at least 4 members (excludes halogenated alkanes) is 5. The topological polar surface area (TPSA) is 159 Å². The Hall–Kier alpha value is -1.70. The molecule has 140 valence electrons. The number of benzene rings is 1. The van der Waals surface area contributed by atoms with Crippen LogP contribution >= 0.6 is 0 Å². The summed E-state index contributed by atoms with van der Waals surface area (Å²) in [6, 6.07) is 3.80. The Morgan fingerprint density at radius 3 is 2.24 bits per heavy atom. The van der Waals surface area contributed by atoms with E-state index >= 15 is 0 Å². The summed E-state index contributed by atoms with van der Waals surface area (Å²) in [6.45, 7) is 2.51. The Labute approximate surface area is 160 Å². The van der Waals surface area contributed by atoms with Crippen molar-refractivity contribution >= 4 is 17.7 Å². The van der Waals surface area contributed by atoms with Gasteiger partial charge in [0, 0.05) is 31.2 Å². The molecule has 0 radical (unpaired) electrons. The quantitative estimate of drug-likeness (QED) is 0.420. The fourth-order valence-corrected chi connectivity index (χ4v) is 1.99. The van der Waals surface area contributed by atoms with Crippen LogP contribution in [0.25, 0.3) is 0 Å². The van der Waals surface area contributed by atoms with E-state index in [4.69, 9.17) is 9.84 Å². The standard InChI is InChI=1S/C16H23NO5.2H2O.Zn/c1-2-3-4-5-6-7-10-22-16(21)17-12-8-9-13(15(19)20)14(18)11-12;;;/h8-9,11,18H,2-7,10H2,1H3,(H,17,21)(H,19,20);2*1H2;. The summed E-state index contributed by atoms with van der Waals surface area (Å²) < 4.78 is 5.02. The van der Waals surface area contributed by atoms with Crippen LogP contribution in [0.3, 0.4) is 0 Å². The minimum absolute atomic E-state index is 0. The first-order valence-corrected chi connectivity index (χ1v) is 7.54. The van der Waals surface area contributed by atoms with Crippen molar-refractivity contribution < 1.29 is 55.0 Å². The van der Waals surface area contributed by atoms with Gasteiger partial charge in [-0.25, -0.2) is 9.59 Å². The average molecular weight is 411 g/mol. The second kappa shape index (κ2) is 15.8. The minimum atomic E-state index is -1.23. The molecule has 0 heterocycles. The molecule has 9 heteroatoms. The van der Waals surface area contributed by atoms with Crippen LogP contribution < -0.4 is 5.32 Å². The Morgan fingerprint density at radius 1 is 1.08 bits per heavy atom. The van der Waals surface area contributed by atoms with Gasteiger partial charge in [0.15, 0.2) is 0 Å². The van der Waals surface area contributed by atoms with Gasteiger partial charge in [0.25, 0.3) is 0 Å². The van der Waals surface area contributed by atoms with Crippen molar-refractivity contribution in [2.24, 2.45) is 0 Å². The summed E-state index contributed by atoms with van der Waals surface area (Å²) in [6.07, 6.45) is 6.02. The number of anilines is 1. The molecule has 1 aromatic rings. The number of phenols is 1. The van der Waals surface area contributed by atoms with E-state index in [0.29, 0.717) is 6.61 Å². The number of carbonyl (C=O) groups is 2. The number of amides is 1. The van der Waals surface area contributed by atoms with E-state index in [-0.39, 0.29) is 41.7 Å². The van der Waals surface area contributed by atoms with E-state index in [2.05, 4.69) is 12.2 Å². The van der Waals surface area contributed by atoms with E-state index in [0.717, 1.165) is 19.3 Å². The van der Waals surface area contributed by atoms with E-state index in [1.807, 2.05) is 0 Å². The molecule has 0 unspecified atom stereocenters. The molecule has 0 saturated heterocycles. The van der Waals surface area contributed by atoms with E-state index in [1.54, 1.807) is 0 Å². The van der Waals surface area contributed by atoms with Gasteiger partial charge < -0.3 is 25.9 Å². The van der Waals surface area contributed by atoms with Crippen molar-refractivity contribution in [3.8, 4) is 5.75 Å². The largest absolute Gasteiger partial charge is 0.507 e. The molecule has 0 aliphatic rings. The third kappa shape index (κ3) is 11.5. The first-order valence-electron chi connectivity index (χ1n) is 7.54. The van der Waals surface area contributed by atoms with Crippen LogP contribution in [0.15, 0.2) is 18.2 Å². The van der Waals surface area contributed by atoms with E-state index in [9.17, 15) is 14.7 Å². The predicted octanol–water partition coefficient (Wildman–Crippen LogP) is 2.35. The molecule has 1 amide bonds. The first-order chi connectivity index (χ1) is 10.5.